The highest BCUT2D eigenvalue weighted by atomic mass is 32.1. The molecule has 0 unspecified atom stereocenters. The minimum absolute atomic E-state index is 0.146. The first-order valence-electron chi connectivity index (χ1n) is 8.63. The lowest BCUT2D eigenvalue weighted by atomic mass is 10.0. The van der Waals surface area contributed by atoms with E-state index in [4.69, 9.17) is 0 Å². The number of nitrogens with one attached hydrogen (secondary N) is 1. The van der Waals surface area contributed by atoms with E-state index >= 15 is 0 Å². The fraction of sp³-hybridized carbons (Fsp3) is 0.0455. The van der Waals surface area contributed by atoms with Crippen molar-refractivity contribution in [3.05, 3.63) is 92.4 Å². The van der Waals surface area contributed by atoms with Gasteiger partial charge in [-0.15, -0.1) is 22.7 Å². The summed E-state index contributed by atoms with van der Waals surface area (Å²) in [5.41, 5.74) is 3.23. The Morgan fingerprint density at radius 1 is 0.929 bits per heavy atom. The van der Waals surface area contributed by atoms with Crippen LogP contribution in [0.5, 0.6) is 0 Å². The molecule has 0 aliphatic rings. The predicted octanol–water partition coefficient (Wildman–Crippen LogP) is 5.66. The van der Waals surface area contributed by atoms with Gasteiger partial charge < -0.3 is 5.32 Å². The standard InChI is InChI=1S/C22H16N2O2S2/c1-14-23-19(13-28-14)15-6-4-7-16(12-15)24-22(26)18-9-3-2-8-17(18)21(25)20-10-5-11-27-20/h2-13H,1H3,(H,24,26). The molecule has 0 fully saturated rings. The third kappa shape index (κ3) is 3.78. The molecule has 2 aromatic heterocycles. The number of nitrogens with zero attached hydrogens (tertiary/aromatic N) is 1. The molecule has 138 valence electrons. The van der Waals surface area contributed by atoms with Crippen LogP contribution < -0.4 is 5.32 Å². The number of aryl methyl sites for hydroxylation is 1. The van der Waals surface area contributed by atoms with Crippen LogP contribution in [0.25, 0.3) is 11.3 Å². The Hall–Kier alpha value is -3.09. The summed E-state index contributed by atoms with van der Waals surface area (Å²) >= 11 is 2.95. The fourth-order valence-corrected chi connectivity index (χ4v) is 4.17. The van der Waals surface area contributed by atoms with Gasteiger partial charge in [0.2, 0.25) is 5.78 Å². The van der Waals surface area contributed by atoms with Crippen molar-refractivity contribution < 1.29 is 9.59 Å². The van der Waals surface area contributed by atoms with Gasteiger partial charge in [0.05, 0.1) is 21.1 Å². The lowest BCUT2D eigenvalue weighted by molar-refractivity contribution is 0.0998. The van der Waals surface area contributed by atoms with E-state index in [9.17, 15) is 9.59 Å². The van der Waals surface area contributed by atoms with E-state index in [0.717, 1.165) is 16.3 Å². The van der Waals surface area contributed by atoms with Crippen molar-refractivity contribution in [1.82, 2.24) is 4.98 Å². The Labute approximate surface area is 170 Å². The highest BCUT2D eigenvalue weighted by Gasteiger charge is 2.19. The van der Waals surface area contributed by atoms with E-state index in [0.29, 0.717) is 21.7 Å². The van der Waals surface area contributed by atoms with Crippen LogP contribution in [0.15, 0.2) is 71.4 Å². The number of carbonyl (C=O) groups is 2. The predicted molar refractivity (Wildman–Crippen MR) is 114 cm³/mol. The third-order valence-electron chi connectivity index (χ3n) is 4.20. The second-order valence-electron chi connectivity index (χ2n) is 6.14. The molecule has 0 atom stereocenters. The van der Waals surface area contributed by atoms with Gasteiger partial charge in [-0.05, 0) is 36.6 Å². The third-order valence-corrected chi connectivity index (χ3v) is 5.84. The normalized spacial score (nSPS) is 10.6. The molecule has 4 aromatic rings. The van der Waals surface area contributed by atoms with Crippen LogP contribution in [0.2, 0.25) is 0 Å². The van der Waals surface area contributed by atoms with Crippen LogP contribution >= 0.6 is 22.7 Å². The van der Waals surface area contributed by atoms with Crippen LogP contribution in [0, 0.1) is 6.92 Å². The topological polar surface area (TPSA) is 59.1 Å². The Kier molecular flexibility index (Phi) is 5.14. The average Bonchev–Trinajstić information content (AvgIpc) is 3.39. The van der Waals surface area contributed by atoms with Crippen molar-refractivity contribution in [3.63, 3.8) is 0 Å². The van der Waals surface area contributed by atoms with E-state index in [1.807, 2.05) is 48.0 Å². The number of thiophene rings is 1. The maximum atomic E-state index is 12.9. The zero-order valence-corrected chi connectivity index (χ0v) is 16.6. The quantitative estimate of drug-likeness (QED) is 0.436. The molecule has 4 rings (SSSR count). The van der Waals surface area contributed by atoms with Gasteiger partial charge in [-0.3, -0.25) is 9.59 Å². The number of rotatable bonds is 5. The van der Waals surface area contributed by atoms with E-state index in [-0.39, 0.29) is 11.7 Å². The Balaban J connectivity index is 1.61. The number of carbonyl (C=O) groups excluding carboxylic acids is 2. The van der Waals surface area contributed by atoms with Gasteiger partial charge in [0.1, 0.15) is 0 Å². The van der Waals surface area contributed by atoms with Crippen molar-refractivity contribution in [1.29, 1.82) is 0 Å². The second kappa shape index (κ2) is 7.88. The van der Waals surface area contributed by atoms with E-state index < -0.39 is 0 Å². The molecule has 28 heavy (non-hydrogen) atoms. The Morgan fingerprint density at radius 3 is 2.46 bits per heavy atom. The van der Waals surface area contributed by atoms with Crippen LogP contribution in [-0.2, 0) is 0 Å². The molecule has 0 spiro atoms. The summed E-state index contributed by atoms with van der Waals surface area (Å²) in [6.07, 6.45) is 0. The molecular formula is C22H16N2O2S2. The van der Waals surface area contributed by atoms with Gasteiger partial charge in [-0.1, -0.05) is 36.4 Å². The lowest BCUT2D eigenvalue weighted by Gasteiger charge is -2.10. The molecule has 0 radical (unpaired) electrons. The molecule has 1 amide bonds. The Morgan fingerprint density at radius 2 is 1.75 bits per heavy atom. The largest absolute Gasteiger partial charge is 0.322 e. The molecule has 0 saturated heterocycles. The van der Waals surface area contributed by atoms with Crippen LogP contribution in [0.4, 0.5) is 5.69 Å². The molecule has 2 aromatic carbocycles. The van der Waals surface area contributed by atoms with Gasteiger partial charge in [0.25, 0.3) is 5.91 Å². The second-order valence-corrected chi connectivity index (χ2v) is 8.15. The van der Waals surface area contributed by atoms with Crippen LogP contribution in [0.1, 0.15) is 30.6 Å². The first kappa shape index (κ1) is 18.3. The first-order chi connectivity index (χ1) is 13.6. The summed E-state index contributed by atoms with van der Waals surface area (Å²) in [4.78, 5) is 30.7. The SMILES string of the molecule is Cc1nc(-c2cccc(NC(=O)c3ccccc3C(=O)c3cccs3)c2)cs1. The number of thiazole rings is 1. The Bertz CT molecular complexity index is 1150. The summed E-state index contributed by atoms with van der Waals surface area (Å²) in [5, 5.41) is 7.73. The summed E-state index contributed by atoms with van der Waals surface area (Å²) in [6, 6.07) is 18.0. The van der Waals surface area contributed by atoms with Gasteiger partial charge in [-0.25, -0.2) is 4.98 Å². The highest BCUT2D eigenvalue weighted by Crippen LogP contribution is 2.25. The maximum absolute atomic E-state index is 12.9. The molecule has 2 heterocycles. The van der Waals surface area contributed by atoms with E-state index in [2.05, 4.69) is 10.3 Å². The van der Waals surface area contributed by atoms with Crippen molar-refractivity contribution >= 4 is 40.1 Å². The fourth-order valence-electron chi connectivity index (χ4n) is 2.87. The molecule has 6 heteroatoms. The van der Waals surface area contributed by atoms with Crippen LogP contribution in [-0.4, -0.2) is 16.7 Å². The number of aromatic nitrogens is 1. The van der Waals surface area contributed by atoms with Gasteiger partial charge in [0, 0.05) is 22.2 Å². The zero-order chi connectivity index (χ0) is 19.5. The highest BCUT2D eigenvalue weighted by molar-refractivity contribution is 7.12. The number of hydrogen-bond acceptors (Lipinski definition) is 5. The van der Waals surface area contributed by atoms with Crippen LogP contribution in [0.3, 0.4) is 0 Å². The minimum atomic E-state index is -0.313. The number of amides is 1. The summed E-state index contributed by atoms with van der Waals surface area (Å²) in [6.45, 7) is 1.96. The van der Waals surface area contributed by atoms with Gasteiger partial charge >= 0.3 is 0 Å². The van der Waals surface area contributed by atoms with E-state index in [1.54, 1.807) is 41.7 Å². The monoisotopic (exact) mass is 404 g/mol. The van der Waals surface area contributed by atoms with Crippen molar-refractivity contribution in [2.24, 2.45) is 0 Å². The van der Waals surface area contributed by atoms with Crippen molar-refractivity contribution in [2.45, 2.75) is 6.92 Å². The van der Waals surface area contributed by atoms with Crippen molar-refractivity contribution in [3.8, 4) is 11.3 Å². The molecule has 0 aliphatic carbocycles. The molecular weight excluding hydrogens is 388 g/mol. The smallest absolute Gasteiger partial charge is 0.256 e. The summed E-state index contributed by atoms with van der Waals surface area (Å²) < 4.78 is 0. The molecule has 0 bridgehead atoms. The minimum Gasteiger partial charge on any atom is -0.322 e. The van der Waals surface area contributed by atoms with E-state index in [1.165, 1.54) is 11.3 Å². The summed E-state index contributed by atoms with van der Waals surface area (Å²) in [5.74, 6) is -0.459. The zero-order valence-electron chi connectivity index (χ0n) is 15.0. The molecule has 0 saturated carbocycles. The average molecular weight is 405 g/mol. The number of benzene rings is 2. The maximum Gasteiger partial charge on any atom is 0.256 e. The number of anilines is 1. The number of ketones is 1. The molecule has 1 N–H and O–H groups in total. The van der Waals surface area contributed by atoms with Gasteiger partial charge in [-0.2, -0.15) is 0 Å². The number of hydrogen-bond donors (Lipinski definition) is 1. The van der Waals surface area contributed by atoms with Gasteiger partial charge in [0.15, 0.2) is 0 Å². The first-order valence-corrected chi connectivity index (χ1v) is 10.4. The van der Waals surface area contributed by atoms with Crippen molar-refractivity contribution in [2.75, 3.05) is 5.32 Å². The molecule has 0 aliphatic heterocycles. The molecule has 4 nitrogen and oxygen atoms in total. The lowest BCUT2D eigenvalue weighted by Crippen LogP contribution is -2.16. The summed E-state index contributed by atoms with van der Waals surface area (Å²) in [7, 11) is 0.